The predicted molar refractivity (Wildman–Crippen MR) is 97.3 cm³/mol. The summed E-state index contributed by atoms with van der Waals surface area (Å²) >= 11 is 0. The van der Waals surface area contributed by atoms with Gasteiger partial charge in [0, 0.05) is 19.3 Å². The molecule has 1 rings (SSSR count). The van der Waals surface area contributed by atoms with Crippen molar-refractivity contribution in [3.63, 3.8) is 0 Å². The second kappa shape index (κ2) is 12.4. The summed E-state index contributed by atoms with van der Waals surface area (Å²) in [6.45, 7) is 2.12. The van der Waals surface area contributed by atoms with Crippen molar-refractivity contribution in [1.82, 2.24) is 0 Å². The van der Waals surface area contributed by atoms with E-state index in [0.717, 1.165) is 44.9 Å². The molecule has 0 aromatic carbocycles. The Hall–Kier alpha value is -0.940. The molecule has 5 heteroatoms. The fourth-order valence-electron chi connectivity index (χ4n) is 4.02. The van der Waals surface area contributed by atoms with Gasteiger partial charge >= 0.3 is 5.97 Å². The van der Waals surface area contributed by atoms with E-state index in [-0.39, 0.29) is 24.0 Å². The summed E-state index contributed by atoms with van der Waals surface area (Å²) in [4.78, 5) is 22.4. The van der Waals surface area contributed by atoms with E-state index in [9.17, 15) is 19.8 Å². The van der Waals surface area contributed by atoms with Gasteiger partial charge in [0.15, 0.2) is 0 Å². The molecule has 1 saturated carbocycles. The first-order valence-corrected chi connectivity index (χ1v) is 10.0. The second-order valence-electron chi connectivity index (χ2n) is 7.58. The highest BCUT2D eigenvalue weighted by molar-refractivity contribution is 5.78. The Morgan fingerprint density at radius 2 is 1.40 bits per heavy atom. The molecule has 0 saturated heterocycles. The first-order valence-electron chi connectivity index (χ1n) is 10.0. The standard InChI is InChI=1S/C20H36O5/c1-2-3-6-9-15(21)12-13-17-16(18(22)14-19(17)23)10-7-4-5-8-11-20(24)25/h16-19,22-23H,2-14H2,1H3,(H,24,25)/t16-,17-,18+,19-/m1/s1. The number of ketones is 1. The van der Waals surface area contributed by atoms with Crippen molar-refractivity contribution in [3.05, 3.63) is 0 Å². The predicted octanol–water partition coefficient (Wildman–Crippen LogP) is 3.70. The summed E-state index contributed by atoms with van der Waals surface area (Å²) in [5.74, 6) is -0.394. The lowest BCUT2D eigenvalue weighted by molar-refractivity contribution is -0.137. The van der Waals surface area contributed by atoms with E-state index in [1.165, 1.54) is 0 Å². The minimum Gasteiger partial charge on any atom is -0.481 e. The number of carbonyl (C=O) groups excluding carboxylic acids is 1. The number of Topliss-reactive ketones (excluding diaryl/α,β-unsaturated/α-hetero) is 1. The fraction of sp³-hybridized carbons (Fsp3) is 0.900. The number of hydrogen-bond donors (Lipinski definition) is 3. The summed E-state index contributed by atoms with van der Waals surface area (Å²) in [6.07, 6.45) is 8.93. The van der Waals surface area contributed by atoms with Crippen molar-refractivity contribution in [1.29, 1.82) is 0 Å². The molecule has 0 aromatic rings. The van der Waals surface area contributed by atoms with Crippen LogP contribution >= 0.6 is 0 Å². The van der Waals surface area contributed by atoms with Crippen LogP contribution in [0.5, 0.6) is 0 Å². The number of unbranched alkanes of at least 4 members (excludes halogenated alkanes) is 5. The summed E-state index contributed by atoms with van der Waals surface area (Å²) in [7, 11) is 0. The van der Waals surface area contributed by atoms with E-state index < -0.39 is 18.2 Å². The number of hydrogen-bond acceptors (Lipinski definition) is 4. The third kappa shape index (κ3) is 8.82. The van der Waals surface area contributed by atoms with Gasteiger partial charge in [-0.25, -0.2) is 0 Å². The van der Waals surface area contributed by atoms with Crippen LogP contribution < -0.4 is 0 Å². The molecule has 0 aromatic heterocycles. The van der Waals surface area contributed by atoms with Gasteiger partial charge in [0.25, 0.3) is 0 Å². The number of aliphatic hydroxyl groups is 2. The Balaban J connectivity index is 2.30. The van der Waals surface area contributed by atoms with Gasteiger partial charge in [-0.05, 0) is 43.9 Å². The van der Waals surface area contributed by atoms with Crippen LogP contribution in [-0.4, -0.2) is 39.3 Å². The number of carbonyl (C=O) groups is 2. The largest absolute Gasteiger partial charge is 0.481 e. The van der Waals surface area contributed by atoms with Crippen LogP contribution in [0, 0.1) is 11.8 Å². The molecule has 1 fully saturated rings. The van der Waals surface area contributed by atoms with Gasteiger partial charge in [0.1, 0.15) is 5.78 Å². The highest BCUT2D eigenvalue weighted by atomic mass is 16.4. The monoisotopic (exact) mass is 356 g/mol. The van der Waals surface area contributed by atoms with E-state index >= 15 is 0 Å². The zero-order valence-electron chi connectivity index (χ0n) is 15.7. The highest BCUT2D eigenvalue weighted by Gasteiger charge is 2.40. The SMILES string of the molecule is CCCCCC(=O)CC[C@@H]1[C@@H](CCCCCCC(=O)O)[C@@H](O)C[C@H]1O. The average Bonchev–Trinajstić information content (AvgIpc) is 2.82. The van der Waals surface area contributed by atoms with E-state index in [0.29, 0.717) is 32.1 Å². The molecule has 0 bridgehead atoms. The number of aliphatic hydroxyl groups excluding tert-OH is 2. The van der Waals surface area contributed by atoms with Gasteiger partial charge in [-0.15, -0.1) is 0 Å². The molecular formula is C20H36O5. The smallest absolute Gasteiger partial charge is 0.303 e. The van der Waals surface area contributed by atoms with Gasteiger partial charge in [-0.2, -0.15) is 0 Å². The van der Waals surface area contributed by atoms with E-state index in [1.54, 1.807) is 0 Å². The summed E-state index contributed by atoms with van der Waals surface area (Å²) in [5.41, 5.74) is 0. The van der Waals surface area contributed by atoms with Crippen molar-refractivity contribution < 1.29 is 24.9 Å². The van der Waals surface area contributed by atoms with Gasteiger partial charge in [0.05, 0.1) is 12.2 Å². The minimum atomic E-state index is -0.752. The lowest BCUT2D eigenvalue weighted by Gasteiger charge is -2.23. The van der Waals surface area contributed by atoms with Gasteiger partial charge < -0.3 is 15.3 Å². The number of carboxylic acid groups (broad SMARTS) is 1. The van der Waals surface area contributed by atoms with Crippen LogP contribution in [0.4, 0.5) is 0 Å². The second-order valence-corrected chi connectivity index (χ2v) is 7.58. The average molecular weight is 357 g/mol. The molecule has 0 unspecified atom stereocenters. The maximum absolute atomic E-state index is 12.0. The Morgan fingerprint density at radius 3 is 2.04 bits per heavy atom. The third-order valence-corrected chi connectivity index (χ3v) is 5.52. The molecule has 25 heavy (non-hydrogen) atoms. The van der Waals surface area contributed by atoms with Crippen molar-refractivity contribution in [2.24, 2.45) is 11.8 Å². The van der Waals surface area contributed by atoms with Gasteiger partial charge in [0.2, 0.25) is 0 Å². The van der Waals surface area contributed by atoms with Crippen LogP contribution in [-0.2, 0) is 9.59 Å². The minimum absolute atomic E-state index is 0.0177. The molecule has 3 N–H and O–H groups in total. The van der Waals surface area contributed by atoms with Crippen molar-refractivity contribution in [3.8, 4) is 0 Å². The Morgan fingerprint density at radius 1 is 0.800 bits per heavy atom. The molecule has 1 aliphatic carbocycles. The van der Waals surface area contributed by atoms with Gasteiger partial charge in [-0.3, -0.25) is 9.59 Å². The topological polar surface area (TPSA) is 94.8 Å². The molecule has 0 heterocycles. The molecule has 0 amide bonds. The van der Waals surface area contributed by atoms with Crippen molar-refractivity contribution in [2.75, 3.05) is 0 Å². The lowest BCUT2D eigenvalue weighted by Crippen LogP contribution is -2.23. The lowest BCUT2D eigenvalue weighted by atomic mass is 9.84. The summed E-state index contributed by atoms with van der Waals surface area (Å²) in [5, 5.41) is 29.1. The Kier molecular flexibility index (Phi) is 11.0. The zero-order valence-corrected chi connectivity index (χ0v) is 15.7. The Labute approximate surface area is 151 Å². The normalized spacial score (nSPS) is 26.0. The third-order valence-electron chi connectivity index (χ3n) is 5.52. The number of aliphatic carboxylic acids is 1. The van der Waals surface area contributed by atoms with E-state index in [1.807, 2.05) is 0 Å². The zero-order chi connectivity index (χ0) is 18.7. The molecule has 0 radical (unpaired) electrons. The van der Waals surface area contributed by atoms with Gasteiger partial charge in [-0.1, -0.05) is 39.0 Å². The van der Waals surface area contributed by atoms with Crippen molar-refractivity contribution >= 4 is 11.8 Å². The summed E-state index contributed by atoms with van der Waals surface area (Å²) in [6, 6.07) is 0. The maximum Gasteiger partial charge on any atom is 0.303 e. The molecule has 146 valence electrons. The fourth-order valence-corrected chi connectivity index (χ4v) is 4.02. The molecule has 5 nitrogen and oxygen atoms in total. The molecular weight excluding hydrogens is 320 g/mol. The molecule has 4 atom stereocenters. The Bertz CT molecular complexity index is 396. The van der Waals surface area contributed by atoms with E-state index in [2.05, 4.69) is 6.92 Å². The summed E-state index contributed by atoms with van der Waals surface area (Å²) < 4.78 is 0. The first kappa shape index (κ1) is 22.1. The van der Waals surface area contributed by atoms with Crippen LogP contribution in [0.3, 0.4) is 0 Å². The quantitative estimate of drug-likeness (QED) is 0.413. The molecule has 0 spiro atoms. The molecule has 1 aliphatic rings. The number of rotatable bonds is 14. The molecule has 0 aliphatic heterocycles. The maximum atomic E-state index is 12.0. The van der Waals surface area contributed by atoms with Crippen LogP contribution in [0.15, 0.2) is 0 Å². The van der Waals surface area contributed by atoms with E-state index in [4.69, 9.17) is 5.11 Å². The highest BCUT2D eigenvalue weighted by Crippen LogP contribution is 2.39. The van der Waals surface area contributed by atoms with Crippen LogP contribution in [0.25, 0.3) is 0 Å². The van der Waals surface area contributed by atoms with Crippen LogP contribution in [0.1, 0.15) is 90.4 Å². The first-order chi connectivity index (χ1) is 12.0. The van der Waals surface area contributed by atoms with Crippen LogP contribution in [0.2, 0.25) is 0 Å². The van der Waals surface area contributed by atoms with Crippen molar-refractivity contribution in [2.45, 2.75) is 103 Å². The number of carboxylic acids is 1.